The summed E-state index contributed by atoms with van der Waals surface area (Å²) < 4.78 is 0. The number of carbonyl (C=O) groups is 1. The molecule has 2 aliphatic heterocycles. The molecule has 2 aliphatic rings. The number of rotatable bonds is 0. The van der Waals surface area contributed by atoms with Crippen LogP contribution in [0.4, 0.5) is 4.79 Å². The van der Waals surface area contributed by atoms with Gasteiger partial charge in [0.05, 0.1) is 5.71 Å². The minimum absolute atomic E-state index is 0.447. The van der Waals surface area contributed by atoms with Crippen molar-refractivity contribution >= 4 is 11.7 Å². The summed E-state index contributed by atoms with van der Waals surface area (Å²) in [5.74, 6) is 0. The molecule has 4 nitrogen and oxygen atoms in total. The number of amides is 2. The third kappa shape index (κ3) is 1.38. The van der Waals surface area contributed by atoms with Crippen LogP contribution >= 0.6 is 0 Å². The summed E-state index contributed by atoms with van der Waals surface area (Å²) in [4.78, 5) is 16.4. The van der Waals surface area contributed by atoms with Crippen LogP contribution in [0.15, 0.2) is 41.2 Å². The van der Waals surface area contributed by atoms with Crippen molar-refractivity contribution in [3.63, 3.8) is 0 Å². The number of hydrogen-bond acceptors (Lipinski definition) is 2. The standard InChI is InChI=1S/C9H9N3O/c10-9(13)12-5-2-7-1-4-11-8(7)3-6-12/h1-4,6H,5H2,(H2,10,13). The minimum atomic E-state index is -0.447. The molecule has 0 radical (unpaired) electrons. The molecule has 0 fully saturated rings. The third-order valence-electron chi connectivity index (χ3n) is 1.97. The summed E-state index contributed by atoms with van der Waals surface area (Å²) in [6, 6.07) is -0.447. The van der Waals surface area contributed by atoms with Gasteiger partial charge in [0.1, 0.15) is 0 Å². The van der Waals surface area contributed by atoms with E-state index >= 15 is 0 Å². The predicted molar refractivity (Wildman–Crippen MR) is 50.1 cm³/mol. The molecule has 0 unspecified atom stereocenters. The first kappa shape index (κ1) is 7.79. The Labute approximate surface area is 75.7 Å². The van der Waals surface area contributed by atoms with Crippen LogP contribution in [0.1, 0.15) is 0 Å². The van der Waals surface area contributed by atoms with E-state index in [2.05, 4.69) is 4.99 Å². The van der Waals surface area contributed by atoms with Crippen molar-refractivity contribution in [1.82, 2.24) is 4.90 Å². The lowest BCUT2D eigenvalue weighted by Crippen LogP contribution is -2.30. The highest BCUT2D eigenvalue weighted by Gasteiger charge is 2.12. The van der Waals surface area contributed by atoms with E-state index in [1.165, 1.54) is 4.90 Å². The molecular weight excluding hydrogens is 166 g/mol. The van der Waals surface area contributed by atoms with Gasteiger partial charge in [0.2, 0.25) is 0 Å². The van der Waals surface area contributed by atoms with E-state index < -0.39 is 6.03 Å². The van der Waals surface area contributed by atoms with Gasteiger partial charge in [-0.15, -0.1) is 0 Å². The van der Waals surface area contributed by atoms with Crippen molar-refractivity contribution < 1.29 is 4.79 Å². The molecule has 4 heteroatoms. The number of aliphatic imine (C=N–C) groups is 1. The zero-order chi connectivity index (χ0) is 9.26. The number of primary amides is 1. The van der Waals surface area contributed by atoms with Gasteiger partial charge in [-0.25, -0.2) is 4.79 Å². The maximum Gasteiger partial charge on any atom is 0.319 e. The maximum atomic E-state index is 10.8. The summed E-state index contributed by atoms with van der Waals surface area (Å²) in [5.41, 5.74) is 7.06. The fraction of sp³-hybridized carbons (Fsp3) is 0.111. The molecule has 2 amide bonds. The van der Waals surface area contributed by atoms with E-state index in [4.69, 9.17) is 5.73 Å². The quantitative estimate of drug-likeness (QED) is 0.581. The van der Waals surface area contributed by atoms with Crippen LogP contribution in [0.5, 0.6) is 0 Å². The van der Waals surface area contributed by atoms with Gasteiger partial charge in [0.15, 0.2) is 0 Å². The average molecular weight is 175 g/mol. The topological polar surface area (TPSA) is 58.7 Å². The SMILES string of the molecule is NC(=O)N1C=CC2=NC=CC2=CC1. The molecule has 2 N–H and O–H groups in total. The van der Waals surface area contributed by atoms with Crippen molar-refractivity contribution in [2.45, 2.75) is 0 Å². The highest BCUT2D eigenvalue weighted by atomic mass is 16.2. The lowest BCUT2D eigenvalue weighted by molar-refractivity contribution is 0.228. The summed E-state index contributed by atoms with van der Waals surface area (Å²) >= 11 is 0. The van der Waals surface area contributed by atoms with Gasteiger partial charge in [-0.3, -0.25) is 9.89 Å². The van der Waals surface area contributed by atoms with Crippen LogP contribution in [0, 0.1) is 0 Å². The van der Waals surface area contributed by atoms with Gasteiger partial charge in [0, 0.05) is 18.9 Å². The number of nitrogens with two attached hydrogens (primary N) is 1. The minimum Gasteiger partial charge on any atom is -0.351 e. The van der Waals surface area contributed by atoms with Gasteiger partial charge >= 0.3 is 6.03 Å². The van der Waals surface area contributed by atoms with Crippen molar-refractivity contribution in [2.24, 2.45) is 10.7 Å². The summed E-state index contributed by atoms with van der Waals surface area (Å²) in [5, 5.41) is 0. The first-order chi connectivity index (χ1) is 6.27. The number of fused-ring (bicyclic) bond motifs is 1. The van der Waals surface area contributed by atoms with Crippen molar-refractivity contribution in [3.05, 3.63) is 36.2 Å². The van der Waals surface area contributed by atoms with Crippen LogP contribution in [0.25, 0.3) is 0 Å². The Balaban J connectivity index is 2.27. The molecule has 2 rings (SSSR count). The second kappa shape index (κ2) is 2.90. The van der Waals surface area contributed by atoms with Crippen LogP contribution in [-0.4, -0.2) is 23.2 Å². The van der Waals surface area contributed by atoms with E-state index in [0.717, 1.165) is 11.3 Å². The smallest absolute Gasteiger partial charge is 0.319 e. The molecule has 0 aromatic heterocycles. The second-order valence-corrected chi connectivity index (χ2v) is 2.80. The zero-order valence-corrected chi connectivity index (χ0v) is 6.97. The molecular formula is C9H9N3O. The number of urea groups is 1. The Bertz CT molecular complexity index is 363. The third-order valence-corrected chi connectivity index (χ3v) is 1.97. The molecule has 0 saturated carbocycles. The Morgan fingerprint density at radius 2 is 2.38 bits per heavy atom. The number of hydrogen-bond donors (Lipinski definition) is 1. The van der Waals surface area contributed by atoms with E-state index in [1.54, 1.807) is 18.5 Å². The van der Waals surface area contributed by atoms with Crippen molar-refractivity contribution in [3.8, 4) is 0 Å². The summed E-state index contributed by atoms with van der Waals surface area (Å²) in [6.45, 7) is 0.504. The number of allylic oxidation sites excluding steroid dienone is 3. The molecule has 0 aromatic rings. The Morgan fingerprint density at radius 1 is 1.54 bits per heavy atom. The molecule has 0 bridgehead atoms. The lowest BCUT2D eigenvalue weighted by atomic mass is 10.2. The first-order valence-electron chi connectivity index (χ1n) is 3.96. The fourth-order valence-corrected chi connectivity index (χ4v) is 1.25. The zero-order valence-electron chi connectivity index (χ0n) is 6.97. The van der Waals surface area contributed by atoms with Gasteiger partial charge in [0.25, 0.3) is 0 Å². The molecule has 66 valence electrons. The molecule has 0 saturated heterocycles. The lowest BCUT2D eigenvalue weighted by Gasteiger charge is -2.10. The first-order valence-corrected chi connectivity index (χ1v) is 3.96. The van der Waals surface area contributed by atoms with Gasteiger partial charge < -0.3 is 5.73 Å². The molecule has 0 aliphatic carbocycles. The fourth-order valence-electron chi connectivity index (χ4n) is 1.25. The van der Waals surface area contributed by atoms with Gasteiger partial charge in [-0.1, -0.05) is 6.08 Å². The molecule has 0 atom stereocenters. The number of carbonyl (C=O) groups excluding carboxylic acids is 1. The van der Waals surface area contributed by atoms with Crippen LogP contribution in [0.2, 0.25) is 0 Å². The van der Waals surface area contributed by atoms with Crippen LogP contribution in [0.3, 0.4) is 0 Å². The van der Waals surface area contributed by atoms with E-state index in [-0.39, 0.29) is 0 Å². The Morgan fingerprint density at radius 3 is 3.15 bits per heavy atom. The van der Waals surface area contributed by atoms with E-state index in [0.29, 0.717) is 6.54 Å². The highest BCUT2D eigenvalue weighted by molar-refractivity contribution is 6.12. The average Bonchev–Trinajstić information content (AvgIpc) is 2.44. The maximum absolute atomic E-state index is 10.8. The molecule has 2 heterocycles. The van der Waals surface area contributed by atoms with Gasteiger partial charge in [-0.2, -0.15) is 0 Å². The molecule has 0 aromatic carbocycles. The normalized spacial score (nSPS) is 19.2. The van der Waals surface area contributed by atoms with E-state index in [9.17, 15) is 4.79 Å². The number of nitrogens with zero attached hydrogens (tertiary/aromatic N) is 2. The predicted octanol–water partition coefficient (Wildman–Crippen LogP) is 0.789. The summed E-state index contributed by atoms with van der Waals surface area (Å²) in [7, 11) is 0. The van der Waals surface area contributed by atoms with Crippen LogP contribution in [-0.2, 0) is 0 Å². The van der Waals surface area contributed by atoms with Gasteiger partial charge in [-0.05, 0) is 17.7 Å². The Hall–Kier alpha value is -1.84. The monoisotopic (exact) mass is 175 g/mol. The largest absolute Gasteiger partial charge is 0.351 e. The Kier molecular flexibility index (Phi) is 1.73. The molecule has 0 spiro atoms. The second-order valence-electron chi connectivity index (χ2n) is 2.80. The van der Waals surface area contributed by atoms with Crippen LogP contribution < -0.4 is 5.73 Å². The van der Waals surface area contributed by atoms with Crippen molar-refractivity contribution in [1.29, 1.82) is 0 Å². The highest BCUT2D eigenvalue weighted by Crippen LogP contribution is 2.13. The molecule has 13 heavy (non-hydrogen) atoms. The van der Waals surface area contributed by atoms with Crippen molar-refractivity contribution in [2.75, 3.05) is 6.54 Å². The van der Waals surface area contributed by atoms with E-state index in [1.807, 2.05) is 12.2 Å². The summed E-state index contributed by atoms with van der Waals surface area (Å²) in [6.07, 6.45) is 9.00.